The van der Waals surface area contributed by atoms with E-state index in [4.69, 9.17) is 14.3 Å². The van der Waals surface area contributed by atoms with Crippen molar-refractivity contribution in [3.05, 3.63) is 82.9 Å². The fraction of sp³-hybridized carbons (Fsp3) is 0.240. The number of hydrogen-bond acceptors (Lipinski definition) is 6. The molecule has 0 saturated carbocycles. The van der Waals surface area contributed by atoms with Gasteiger partial charge in [0, 0.05) is 11.6 Å². The fourth-order valence-corrected chi connectivity index (χ4v) is 3.86. The van der Waals surface area contributed by atoms with E-state index in [1.807, 2.05) is 62.4 Å². The van der Waals surface area contributed by atoms with Crippen molar-refractivity contribution in [1.82, 2.24) is 0 Å². The molecule has 0 saturated heterocycles. The summed E-state index contributed by atoms with van der Waals surface area (Å²) in [6.45, 7) is 4.15. The molecule has 31 heavy (non-hydrogen) atoms. The molecule has 1 unspecified atom stereocenters. The summed E-state index contributed by atoms with van der Waals surface area (Å²) in [5, 5.41) is 25.4. The van der Waals surface area contributed by atoms with Crippen molar-refractivity contribution in [3.63, 3.8) is 0 Å². The number of aromatic hydroxyl groups is 2. The Hall–Kier alpha value is -3.67. The van der Waals surface area contributed by atoms with Crippen molar-refractivity contribution in [2.45, 2.75) is 25.7 Å². The lowest BCUT2D eigenvalue weighted by molar-refractivity contribution is 0.174. The molecule has 6 heteroatoms. The highest BCUT2D eigenvalue weighted by atomic mass is 16.7. The molecule has 0 bridgehead atoms. The molecule has 0 spiro atoms. The zero-order valence-corrected chi connectivity index (χ0v) is 17.7. The van der Waals surface area contributed by atoms with E-state index in [0.717, 1.165) is 11.1 Å². The van der Waals surface area contributed by atoms with Gasteiger partial charge in [0.05, 0.1) is 5.92 Å². The van der Waals surface area contributed by atoms with Gasteiger partial charge in [-0.3, -0.25) is 0 Å². The van der Waals surface area contributed by atoms with E-state index in [-0.39, 0.29) is 30.1 Å². The highest BCUT2D eigenvalue weighted by Gasteiger charge is 2.28. The molecule has 2 N–H and O–H groups in total. The summed E-state index contributed by atoms with van der Waals surface area (Å²) < 4.78 is 11.0. The maximum Gasteiger partial charge on any atom is 0.231 e. The third kappa shape index (κ3) is 4.01. The number of ether oxygens (including phenoxy) is 2. The van der Waals surface area contributed by atoms with Crippen LogP contribution in [-0.4, -0.2) is 29.8 Å². The summed E-state index contributed by atoms with van der Waals surface area (Å²) >= 11 is 0. The summed E-state index contributed by atoms with van der Waals surface area (Å²) in [5.41, 5.74) is 3.61. The normalized spacial score (nSPS) is 14.0. The summed E-state index contributed by atoms with van der Waals surface area (Å²) in [4.78, 5) is 5.22. The van der Waals surface area contributed by atoms with Crippen LogP contribution in [0.3, 0.4) is 0 Å². The van der Waals surface area contributed by atoms with E-state index in [1.54, 1.807) is 6.07 Å². The van der Waals surface area contributed by atoms with Gasteiger partial charge in [-0.2, -0.15) is 0 Å². The predicted octanol–water partition coefficient (Wildman–Crippen LogP) is 5.13. The molecule has 3 aromatic carbocycles. The lowest BCUT2D eigenvalue weighted by atomic mass is 9.83. The second-order valence-electron chi connectivity index (χ2n) is 7.70. The number of oxime groups is 1. The van der Waals surface area contributed by atoms with Crippen molar-refractivity contribution in [2.24, 2.45) is 5.16 Å². The first-order valence-electron chi connectivity index (χ1n) is 10.1. The Balaban J connectivity index is 1.92. The minimum atomic E-state index is -0.355. The zero-order chi connectivity index (χ0) is 22.0. The van der Waals surface area contributed by atoms with Crippen LogP contribution in [0.5, 0.6) is 23.0 Å². The van der Waals surface area contributed by atoms with Crippen LogP contribution in [-0.2, 0) is 4.84 Å². The Morgan fingerprint density at radius 2 is 1.65 bits per heavy atom. The molecule has 1 heterocycles. The molecule has 0 fully saturated rings. The van der Waals surface area contributed by atoms with Crippen LogP contribution in [0, 0.1) is 0 Å². The molecule has 160 valence electrons. The summed E-state index contributed by atoms with van der Waals surface area (Å²) in [6, 6.07) is 18.7. The molecule has 0 aliphatic carbocycles. The molecule has 0 amide bonds. The van der Waals surface area contributed by atoms with Gasteiger partial charge >= 0.3 is 0 Å². The molecule has 1 aliphatic heterocycles. The van der Waals surface area contributed by atoms with Crippen LogP contribution >= 0.6 is 0 Å². The van der Waals surface area contributed by atoms with Gasteiger partial charge < -0.3 is 24.5 Å². The molecule has 4 rings (SSSR count). The molecular formula is C25H25NO5. The Kier molecular flexibility index (Phi) is 5.71. The van der Waals surface area contributed by atoms with E-state index in [0.29, 0.717) is 28.3 Å². The van der Waals surface area contributed by atoms with Crippen LogP contribution in [0.2, 0.25) is 0 Å². The zero-order valence-electron chi connectivity index (χ0n) is 17.7. The number of hydrogen-bond donors (Lipinski definition) is 2. The third-order valence-corrected chi connectivity index (χ3v) is 5.37. The Labute approximate surface area is 181 Å². The van der Waals surface area contributed by atoms with E-state index in [2.05, 4.69) is 5.16 Å². The Morgan fingerprint density at radius 3 is 2.35 bits per heavy atom. The number of nitrogens with zero attached hydrogens (tertiary/aromatic N) is 1. The van der Waals surface area contributed by atoms with Crippen molar-refractivity contribution in [1.29, 1.82) is 0 Å². The largest absolute Gasteiger partial charge is 0.508 e. The highest BCUT2D eigenvalue weighted by Crippen LogP contribution is 2.40. The van der Waals surface area contributed by atoms with E-state index < -0.39 is 0 Å². The topological polar surface area (TPSA) is 80.5 Å². The molecule has 1 aliphatic rings. The van der Waals surface area contributed by atoms with Gasteiger partial charge in [-0.15, -0.1) is 0 Å². The van der Waals surface area contributed by atoms with Crippen molar-refractivity contribution in [2.75, 3.05) is 13.9 Å². The first kappa shape index (κ1) is 20.6. The van der Waals surface area contributed by atoms with Crippen molar-refractivity contribution < 1.29 is 24.5 Å². The van der Waals surface area contributed by atoms with Gasteiger partial charge in [-0.25, -0.2) is 0 Å². The first-order valence-corrected chi connectivity index (χ1v) is 10.1. The fourth-order valence-electron chi connectivity index (χ4n) is 3.86. The van der Waals surface area contributed by atoms with Crippen LogP contribution in [0.25, 0.3) is 0 Å². The molecule has 0 radical (unpaired) electrons. The van der Waals surface area contributed by atoms with Gasteiger partial charge in [0.15, 0.2) is 11.5 Å². The van der Waals surface area contributed by atoms with Gasteiger partial charge in [0.25, 0.3) is 0 Å². The molecule has 6 nitrogen and oxygen atoms in total. The smallest absolute Gasteiger partial charge is 0.231 e. The Bertz CT molecular complexity index is 1110. The number of rotatable bonds is 6. The van der Waals surface area contributed by atoms with Gasteiger partial charge in [0.1, 0.15) is 24.3 Å². The quantitative estimate of drug-likeness (QED) is 0.428. The SMILES string of the molecule is CON=C(c1cc(C(C)C)c(O)cc1O)C(c1ccccc1)c1ccc2c(c1)OCO2. The monoisotopic (exact) mass is 419 g/mol. The minimum absolute atomic E-state index is 0.0485. The number of phenolic OH excluding ortho intramolecular Hbond substituents is 2. The second kappa shape index (κ2) is 8.60. The lowest BCUT2D eigenvalue weighted by Gasteiger charge is -2.22. The maximum atomic E-state index is 10.8. The molecule has 0 aromatic heterocycles. The van der Waals surface area contributed by atoms with Gasteiger partial charge in [-0.1, -0.05) is 55.4 Å². The third-order valence-electron chi connectivity index (χ3n) is 5.37. The Morgan fingerprint density at radius 1 is 0.903 bits per heavy atom. The van der Waals surface area contributed by atoms with E-state index in [1.165, 1.54) is 13.2 Å². The summed E-state index contributed by atoms with van der Waals surface area (Å²) in [6.07, 6.45) is 0. The second-order valence-corrected chi connectivity index (χ2v) is 7.70. The number of benzene rings is 3. The standard InChI is InChI=1S/C25H25NO5/c1-15(2)18-12-19(21(28)13-20(18)27)25(26-29-3)24(16-7-5-4-6-8-16)17-9-10-22-23(11-17)31-14-30-22/h4-13,15,24,27-28H,14H2,1-3H3. The van der Waals surface area contributed by atoms with Gasteiger partial charge in [0.2, 0.25) is 6.79 Å². The van der Waals surface area contributed by atoms with E-state index in [9.17, 15) is 10.2 Å². The van der Waals surface area contributed by atoms with Crippen LogP contribution in [0.1, 0.15) is 47.9 Å². The number of phenols is 2. The average molecular weight is 419 g/mol. The van der Waals surface area contributed by atoms with Crippen LogP contribution in [0.15, 0.2) is 65.8 Å². The van der Waals surface area contributed by atoms with Crippen LogP contribution in [0.4, 0.5) is 0 Å². The molecular weight excluding hydrogens is 394 g/mol. The predicted molar refractivity (Wildman–Crippen MR) is 118 cm³/mol. The highest BCUT2D eigenvalue weighted by molar-refractivity contribution is 6.09. The first-order chi connectivity index (χ1) is 15.0. The lowest BCUT2D eigenvalue weighted by Crippen LogP contribution is -2.17. The summed E-state index contributed by atoms with van der Waals surface area (Å²) in [5.74, 6) is 1.03. The van der Waals surface area contributed by atoms with Gasteiger partial charge in [-0.05, 0) is 40.8 Å². The van der Waals surface area contributed by atoms with Crippen LogP contribution < -0.4 is 9.47 Å². The molecule has 3 aromatic rings. The molecule has 1 atom stereocenters. The summed E-state index contributed by atoms with van der Waals surface area (Å²) in [7, 11) is 1.47. The maximum absolute atomic E-state index is 10.8. The minimum Gasteiger partial charge on any atom is -0.508 e. The average Bonchev–Trinajstić information content (AvgIpc) is 3.22. The van der Waals surface area contributed by atoms with Crippen molar-refractivity contribution in [3.8, 4) is 23.0 Å². The van der Waals surface area contributed by atoms with E-state index >= 15 is 0 Å². The van der Waals surface area contributed by atoms with Crippen molar-refractivity contribution >= 4 is 5.71 Å². The number of fused-ring (bicyclic) bond motifs is 1.